The van der Waals surface area contributed by atoms with Crippen LogP contribution in [0, 0.1) is 0 Å². The molecular formula is C17H13NO3. The smallest absolute Gasteiger partial charge is 0.335 e. The van der Waals surface area contributed by atoms with Gasteiger partial charge in [0.1, 0.15) is 6.29 Å². The first-order valence-corrected chi connectivity index (χ1v) is 6.54. The van der Waals surface area contributed by atoms with Gasteiger partial charge < -0.3 is 9.67 Å². The molecule has 0 saturated carbocycles. The molecule has 3 rings (SSSR count). The Balaban J connectivity index is 1.91. The fourth-order valence-corrected chi connectivity index (χ4v) is 2.38. The molecule has 0 aliphatic heterocycles. The normalized spacial score (nSPS) is 10.7. The van der Waals surface area contributed by atoms with Gasteiger partial charge in [-0.05, 0) is 42.0 Å². The number of aromatic nitrogens is 1. The first-order valence-electron chi connectivity index (χ1n) is 6.54. The van der Waals surface area contributed by atoms with Crippen LogP contribution in [0.4, 0.5) is 0 Å². The quantitative estimate of drug-likeness (QED) is 0.746. The van der Waals surface area contributed by atoms with Gasteiger partial charge in [0.25, 0.3) is 0 Å². The molecule has 0 amide bonds. The van der Waals surface area contributed by atoms with Gasteiger partial charge in [-0.25, -0.2) is 4.79 Å². The third kappa shape index (κ3) is 2.56. The molecule has 2 aromatic carbocycles. The van der Waals surface area contributed by atoms with Gasteiger partial charge in [-0.3, -0.25) is 4.79 Å². The van der Waals surface area contributed by atoms with Gasteiger partial charge >= 0.3 is 5.97 Å². The summed E-state index contributed by atoms with van der Waals surface area (Å²) in [7, 11) is 0. The molecule has 4 heteroatoms. The van der Waals surface area contributed by atoms with Crippen molar-refractivity contribution < 1.29 is 14.7 Å². The number of carboxylic acids is 1. The number of benzene rings is 2. The van der Waals surface area contributed by atoms with E-state index in [1.165, 1.54) is 0 Å². The van der Waals surface area contributed by atoms with Gasteiger partial charge in [0.15, 0.2) is 0 Å². The molecule has 0 fully saturated rings. The molecule has 0 atom stereocenters. The van der Waals surface area contributed by atoms with Crippen LogP contribution in [-0.4, -0.2) is 21.9 Å². The summed E-state index contributed by atoms with van der Waals surface area (Å²) in [6, 6.07) is 14.4. The Morgan fingerprint density at radius 1 is 1.10 bits per heavy atom. The van der Waals surface area contributed by atoms with E-state index in [1.807, 2.05) is 36.5 Å². The molecule has 1 heterocycles. The number of hydrogen-bond donors (Lipinski definition) is 1. The lowest BCUT2D eigenvalue weighted by atomic mass is 10.1. The van der Waals surface area contributed by atoms with Crippen molar-refractivity contribution in [2.75, 3.05) is 0 Å². The topological polar surface area (TPSA) is 59.3 Å². The lowest BCUT2D eigenvalue weighted by Gasteiger charge is -2.06. The predicted molar refractivity (Wildman–Crippen MR) is 79.8 cm³/mol. The van der Waals surface area contributed by atoms with E-state index in [9.17, 15) is 9.59 Å². The molecule has 0 radical (unpaired) electrons. The molecule has 0 bridgehead atoms. The molecular weight excluding hydrogens is 266 g/mol. The van der Waals surface area contributed by atoms with Crippen molar-refractivity contribution >= 4 is 23.2 Å². The van der Waals surface area contributed by atoms with E-state index in [-0.39, 0.29) is 5.56 Å². The highest BCUT2D eigenvalue weighted by molar-refractivity contribution is 5.88. The molecule has 0 saturated heterocycles. The highest BCUT2D eigenvalue weighted by Crippen LogP contribution is 2.18. The first-order chi connectivity index (χ1) is 10.2. The third-order valence-corrected chi connectivity index (χ3v) is 3.48. The van der Waals surface area contributed by atoms with Crippen LogP contribution in [-0.2, 0) is 6.54 Å². The second kappa shape index (κ2) is 5.25. The van der Waals surface area contributed by atoms with Crippen LogP contribution < -0.4 is 0 Å². The van der Waals surface area contributed by atoms with Crippen LogP contribution in [0.2, 0.25) is 0 Å². The Kier molecular flexibility index (Phi) is 3.28. The van der Waals surface area contributed by atoms with E-state index in [4.69, 9.17) is 5.11 Å². The number of aldehydes is 1. The molecule has 21 heavy (non-hydrogen) atoms. The van der Waals surface area contributed by atoms with Crippen molar-refractivity contribution in [2.24, 2.45) is 0 Å². The zero-order chi connectivity index (χ0) is 14.8. The number of fused-ring (bicyclic) bond motifs is 1. The number of nitrogens with zero attached hydrogens (tertiary/aromatic N) is 1. The van der Waals surface area contributed by atoms with Crippen LogP contribution in [0.5, 0.6) is 0 Å². The lowest BCUT2D eigenvalue weighted by molar-refractivity contribution is 0.0696. The van der Waals surface area contributed by atoms with Gasteiger partial charge in [-0.2, -0.15) is 0 Å². The summed E-state index contributed by atoms with van der Waals surface area (Å²) in [5.74, 6) is -0.922. The van der Waals surface area contributed by atoms with Gasteiger partial charge in [-0.15, -0.1) is 0 Å². The van der Waals surface area contributed by atoms with Crippen molar-refractivity contribution in [1.29, 1.82) is 0 Å². The number of carbonyl (C=O) groups excluding carboxylic acids is 1. The first kappa shape index (κ1) is 13.1. The summed E-state index contributed by atoms with van der Waals surface area (Å²) < 4.78 is 2.07. The number of aromatic carboxylic acids is 1. The van der Waals surface area contributed by atoms with E-state index in [0.717, 1.165) is 22.8 Å². The second-order valence-electron chi connectivity index (χ2n) is 4.88. The Morgan fingerprint density at radius 2 is 1.86 bits per heavy atom. The highest BCUT2D eigenvalue weighted by atomic mass is 16.4. The summed E-state index contributed by atoms with van der Waals surface area (Å²) in [5.41, 5.74) is 3.01. The van der Waals surface area contributed by atoms with Gasteiger partial charge in [0.2, 0.25) is 0 Å². The van der Waals surface area contributed by atoms with Crippen molar-refractivity contribution in [1.82, 2.24) is 4.57 Å². The Labute approximate surface area is 121 Å². The zero-order valence-electron chi connectivity index (χ0n) is 11.2. The van der Waals surface area contributed by atoms with E-state index < -0.39 is 5.97 Å². The SMILES string of the molecule is O=Cc1ccc2c(ccn2Cc2ccc(C(=O)O)cc2)c1. The zero-order valence-corrected chi connectivity index (χ0v) is 11.2. The monoisotopic (exact) mass is 279 g/mol. The minimum atomic E-state index is -0.922. The van der Waals surface area contributed by atoms with Gasteiger partial charge in [-0.1, -0.05) is 12.1 Å². The average molecular weight is 279 g/mol. The van der Waals surface area contributed by atoms with Crippen LogP contribution in [0.3, 0.4) is 0 Å². The summed E-state index contributed by atoms with van der Waals surface area (Å²) >= 11 is 0. The number of carboxylic acid groups (broad SMARTS) is 1. The Bertz CT molecular complexity index is 816. The van der Waals surface area contributed by atoms with E-state index in [1.54, 1.807) is 18.2 Å². The molecule has 0 unspecified atom stereocenters. The summed E-state index contributed by atoms with van der Waals surface area (Å²) in [6.07, 6.45) is 2.80. The Hall–Kier alpha value is -2.88. The molecule has 1 N–H and O–H groups in total. The molecule has 1 aromatic heterocycles. The maximum absolute atomic E-state index is 10.8. The largest absolute Gasteiger partial charge is 0.478 e. The van der Waals surface area contributed by atoms with Crippen molar-refractivity contribution in [2.45, 2.75) is 6.54 Å². The van der Waals surface area contributed by atoms with Gasteiger partial charge in [0, 0.05) is 29.2 Å². The number of hydrogen-bond acceptors (Lipinski definition) is 2. The molecule has 4 nitrogen and oxygen atoms in total. The highest BCUT2D eigenvalue weighted by Gasteiger charge is 2.05. The van der Waals surface area contributed by atoms with Crippen molar-refractivity contribution in [3.63, 3.8) is 0 Å². The van der Waals surface area contributed by atoms with Crippen molar-refractivity contribution in [3.8, 4) is 0 Å². The van der Waals surface area contributed by atoms with Crippen LogP contribution in [0.1, 0.15) is 26.3 Å². The van der Waals surface area contributed by atoms with Crippen LogP contribution in [0.15, 0.2) is 54.7 Å². The fourth-order valence-electron chi connectivity index (χ4n) is 2.38. The van der Waals surface area contributed by atoms with E-state index in [0.29, 0.717) is 12.1 Å². The van der Waals surface area contributed by atoms with E-state index >= 15 is 0 Å². The molecule has 0 spiro atoms. The Morgan fingerprint density at radius 3 is 2.52 bits per heavy atom. The minimum absolute atomic E-state index is 0.284. The standard InChI is InChI=1S/C17H13NO3/c19-11-13-3-6-16-15(9-13)7-8-18(16)10-12-1-4-14(5-2-12)17(20)21/h1-9,11H,10H2,(H,20,21). The third-order valence-electron chi connectivity index (χ3n) is 3.48. The molecule has 0 aliphatic carbocycles. The second-order valence-corrected chi connectivity index (χ2v) is 4.88. The maximum Gasteiger partial charge on any atom is 0.335 e. The molecule has 104 valence electrons. The van der Waals surface area contributed by atoms with Crippen molar-refractivity contribution in [3.05, 3.63) is 71.4 Å². The lowest BCUT2D eigenvalue weighted by Crippen LogP contribution is -2.00. The van der Waals surface area contributed by atoms with Crippen LogP contribution >= 0.6 is 0 Å². The fraction of sp³-hybridized carbons (Fsp3) is 0.0588. The predicted octanol–water partition coefficient (Wildman–Crippen LogP) is 3.20. The number of carbonyl (C=O) groups is 2. The summed E-state index contributed by atoms with van der Waals surface area (Å²) in [5, 5.41) is 9.90. The molecule has 0 aliphatic rings. The number of rotatable bonds is 4. The average Bonchev–Trinajstić information content (AvgIpc) is 2.90. The maximum atomic E-state index is 10.8. The minimum Gasteiger partial charge on any atom is -0.478 e. The summed E-state index contributed by atoms with van der Waals surface area (Å²) in [4.78, 5) is 21.6. The summed E-state index contributed by atoms with van der Waals surface area (Å²) in [6.45, 7) is 0.657. The van der Waals surface area contributed by atoms with Gasteiger partial charge in [0.05, 0.1) is 5.56 Å². The van der Waals surface area contributed by atoms with Crippen LogP contribution in [0.25, 0.3) is 10.9 Å². The molecule has 3 aromatic rings. The van der Waals surface area contributed by atoms with E-state index in [2.05, 4.69) is 4.57 Å².